The topological polar surface area (TPSA) is 58.1 Å². The second-order valence-corrected chi connectivity index (χ2v) is 7.93. The van der Waals surface area contributed by atoms with Gasteiger partial charge in [0.05, 0.1) is 5.75 Å². The minimum absolute atomic E-state index is 0.249. The monoisotopic (exact) mass is 326 g/mol. The molecule has 1 amide bonds. The number of carbonyl (C=O) groups excluding carboxylic acids is 1. The van der Waals surface area contributed by atoms with Gasteiger partial charge >= 0.3 is 0 Å². The molecule has 5 nitrogen and oxygen atoms in total. The van der Waals surface area contributed by atoms with Crippen LogP contribution in [0.3, 0.4) is 0 Å². The molecule has 1 saturated carbocycles. The standard InChI is InChI=1S/C14H22N4OS2/c1-2-11-5-3-4-8-18(11)12(19)9-20-14-17-16-13(21-14)15-10-6-7-10/h10-11H,2-9H2,1H3,(H,15,16)/t11-/m0/s1. The van der Waals surface area contributed by atoms with Crippen LogP contribution in [0.15, 0.2) is 4.34 Å². The fourth-order valence-electron chi connectivity index (χ4n) is 2.69. The van der Waals surface area contributed by atoms with E-state index in [1.807, 2.05) is 0 Å². The minimum atomic E-state index is 0.249. The van der Waals surface area contributed by atoms with Crippen LogP contribution in [0.25, 0.3) is 0 Å². The summed E-state index contributed by atoms with van der Waals surface area (Å²) in [5.74, 6) is 0.729. The minimum Gasteiger partial charge on any atom is -0.357 e. The zero-order valence-electron chi connectivity index (χ0n) is 12.4. The normalized spacial score (nSPS) is 22.3. The number of thioether (sulfide) groups is 1. The lowest BCUT2D eigenvalue weighted by atomic mass is 10.0. The van der Waals surface area contributed by atoms with Gasteiger partial charge in [0, 0.05) is 18.6 Å². The summed E-state index contributed by atoms with van der Waals surface area (Å²) < 4.78 is 0.886. The highest BCUT2D eigenvalue weighted by atomic mass is 32.2. The van der Waals surface area contributed by atoms with Crippen molar-refractivity contribution in [2.45, 2.75) is 61.9 Å². The van der Waals surface area contributed by atoms with E-state index < -0.39 is 0 Å². The average molecular weight is 326 g/mol. The van der Waals surface area contributed by atoms with Crippen molar-refractivity contribution in [2.75, 3.05) is 17.6 Å². The Balaban J connectivity index is 1.49. The summed E-state index contributed by atoms with van der Waals surface area (Å²) in [4.78, 5) is 14.5. The number of piperidine rings is 1. The highest BCUT2D eigenvalue weighted by molar-refractivity contribution is 8.01. The van der Waals surface area contributed by atoms with E-state index in [0.29, 0.717) is 17.8 Å². The molecule has 0 unspecified atom stereocenters. The maximum atomic E-state index is 12.4. The number of nitrogens with one attached hydrogen (secondary N) is 1. The zero-order valence-corrected chi connectivity index (χ0v) is 14.0. The molecule has 0 aromatic carbocycles. The van der Waals surface area contributed by atoms with E-state index in [1.165, 1.54) is 31.0 Å². The van der Waals surface area contributed by atoms with Gasteiger partial charge in [0.2, 0.25) is 11.0 Å². The van der Waals surface area contributed by atoms with E-state index in [-0.39, 0.29) is 5.91 Å². The number of rotatable bonds is 6. The Hall–Kier alpha value is -0.820. The third-order valence-corrected chi connectivity index (χ3v) is 6.02. The lowest BCUT2D eigenvalue weighted by Crippen LogP contribution is -2.44. The van der Waals surface area contributed by atoms with Crippen molar-refractivity contribution in [3.63, 3.8) is 0 Å². The number of likely N-dealkylation sites (tertiary alicyclic amines) is 1. The number of anilines is 1. The van der Waals surface area contributed by atoms with E-state index in [0.717, 1.165) is 35.3 Å². The molecule has 1 N–H and O–H groups in total. The predicted molar refractivity (Wildman–Crippen MR) is 86.9 cm³/mol. The van der Waals surface area contributed by atoms with Gasteiger partial charge in [-0.1, -0.05) is 30.0 Å². The van der Waals surface area contributed by atoms with Crippen molar-refractivity contribution in [1.29, 1.82) is 0 Å². The lowest BCUT2D eigenvalue weighted by molar-refractivity contribution is -0.132. The second kappa shape index (κ2) is 6.96. The fraction of sp³-hybridized carbons (Fsp3) is 0.786. The summed E-state index contributed by atoms with van der Waals surface area (Å²) in [6.07, 6.45) is 7.07. The van der Waals surface area contributed by atoms with Crippen LogP contribution in [-0.4, -0.2) is 45.4 Å². The molecule has 7 heteroatoms. The summed E-state index contributed by atoms with van der Waals surface area (Å²) in [6.45, 7) is 3.09. The van der Waals surface area contributed by atoms with Crippen LogP contribution < -0.4 is 5.32 Å². The molecular weight excluding hydrogens is 304 g/mol. The van der Waals surface area contributed by atoms with Crippen molar-refractivity contribution < 1.29 is 4.79 Å². The molecule has 1 aromatic rings. The number of aromatic nitrogens is 2. The van der Waals surface area contributed by atoms with Crippen molar-refractivity contribution in [2.24, 2.45) is 0 Å². The highest BCUT2D eigenvalue weighted by Crippen LogP contribution is 2.30. The second-order valence-electron chi connectivity index (χ2n) is 5.73. The zero-order chi connectivity index (χ0) is 14.7. The highest BCUT2D eigenvalue weighted by Gasteiger charge is 2.26. The Labute approximate surface area is 133 Å². The number of hydrogen-bond acceptors (Lipinski definition) is 6. The van der Waals surface area contributed by atoms with E-state index in [1.54, 1.807) is 11.3 Å². The molecule has 3 rings (SSSR count). The Morgan fingerprint density at radius 1 is 1.38 bits per heavy atom. The van der Waals surface area contributed by atoms with Gasteiger partial charge in [-0.15, -0.1) is 10.2 Å². The molecule has 0 radical (unpaired) electrons. The van der Waals surface area contributed by atoms with Gasteiger partial charge in [-0.05, 0) is 38.5 Å². The maximum absolute atomic E-state index is 12.4. The Morgan fingerprint density at radius 2 is 2.24 bits per heavy atom. The van der Waals surface area contributed by atoms with Crippen molar-refractivity contribution in [1.82, 2.24) is 15.1 Å². The molecular formula is C14H22N4OS2. The average Bonchev–Trinajstić information content (AvgIpc) is 3.21. The Morgan fingerprint density at radius 3 is 3.00 bits per heavy atom. The Kier molecular flexibility index (Phi) is 5.00. The lowest BCUT2D eigenvalue weighted by Gasteiger charge is -2.35. The van der Waals surface area contributed by atoms with E-state index in [2.05, 4.69) is 27.3 Å². The number of nitrogens with zero attached hydrogens (tertiary/aromatic N) is 3. The third-order valence-electron chi connectivity index (χ3n) is 4.05. The third kappa shape index (κ3) is 4.10. The van der Waals surface area contributed by atoms with Crippen LogP contribution >= 0.6 is 23.1 Å². The van der Waals surface area contributed by atoms with E-state index in [4.69, 9.17) is 0 Å². The molecule has 1 saturated heterocycles. The molecule has 2 heterocycles. The Bertz CT molecular complexity index is 489. The smallest absolute Gasteiger partial charge is 0.233 e. The number of carbonyl (C=O) groups is 1. The first kappa shape index (κ1) is 15.1. The predicted octanol–water partition coefficient (Wildman–Crippen LogP) is 3.00. The summed E-state index contributed by atoms with van der Waals surface area (Å²) >= 11 is 3.07. The van der Waals surface area contributed by atoms with Crippen LogP contribution in [0.2, 0.25) is 0 Å². The first-order valence-electron chi connectivity index (χ1n) is 7.78. The molecule has 1 aliphatic heterocycles. The van der Waals surface area contributed by atoms with E-state index in [9.17, 15) is 4.79 Å². The van der Waals surface area contributed by atoms with Gasteiger partial charge in [-0.2, -0.15) is 0 Å². The van der Waals surface area contributed by atoms with Crippen LogP contribution in [0.4, 0.5) is 5.13 Å². The molecule has 1 atom stereocenters. The molecule has 21 heavy (non-hydrogen) atoms. The summed E-state index contributed by atoms with van der Waals surface area (Å²) in [6, 6.07) is 1.03. The van der Waals surface area contributed by atoms with Crippen LogP contribution in [0, 0.1) is 0 Å². The van der Waals surface area contributed by atoms with Gasteiger partial charge in [-0.3, -0.25) is 4.79 Å². The first-order valence-corrected chi connectivity index (χ1v) is 9.58. The maximum Gasteiger partial charge on any atom is 0.233 e. The quantitative estimate of drug-likeness (QED) is 0.814. The summed E-state index contributed by atoms with van der Waals surface area (Å²) in [5.41, 5.74) is 0. The molecule has 0 spiro atoms. The van der Waals surface area contributed by atoms with Gasteiger partial charge in [0.1, 0.15) is 0 Å². The summed E-state index contributed by atoms with van der Waals surface area (Å²) in [5, 5.41) is 12.5. The SMILES string of the molecule is CC[C@H]1CCCCN1C(=O)CSc1nnc(NC2CC2)s1. The van der Waals surface area contributed by atoms with Crippen molar-refractivity contribution in [3.8, 4) is 0 Å². The van der Waals surface area contributed by atoms with Crippen LogP contribution in [0.5, 0.6) is 0 Å². The van der Waals surface area contributed by atoms with Gasteiger partial charge < -0.3 is 10.2 Å². The molecule has 1 aliphatic carbocycles. The summed E-state index contributed by atoms with van der Waals surface area (Å²) in [7, 11) is 0. The van der Waals surface area contributed by atoms with E-state index >= 15 is 0 Å². The molecule has 0 bridgehead atoms. The van der Waals surface area contributed by atoms with Crippen molar-refractivity contribution >= 4 is 34.1 Å². The molecule has 1 aromatic heterocycles. The first-order chi connectivity index (χ1) is 10.3. The van der Waals surface area contributed by atoms with Crippen LogP contribution in [-0.2, 0) is 4.79 Å². The molecule has 116 valence electrons. The number of hydrogen-bond donors (Lipinski definition) is 1. The van der Waals surface area contributed by atoms with Crippen molar-refractivity contribution in [3.05, 3.63) is 0 Å². The van der Waals surface area contributed by atoms with Gasteiger partial charge in [0.15, 0.2) is 4.34 Å². The van der Waals surface area contributed by atoms with Crippen LogP contribution in [0.1, 0.15) is 45.4 Å². The molecule has 2 aliphatic rings. The largest absolute Gasteiger partial charge is 0.357 e. The van der Waals surface area contributed by atoms with Gasteiger partial charge in [0.25, 0.3) is 0 Å². The molecule has 2 fully saturated rings. The van der Waals surface area contributed by atoms with Gasteiger partial charge in [-0.25, -0.2) is 0 Å². The fourth-order valence-corrected chi connectivity index (χ4v) is 4.40. The number of amides is 1.